The molecule has 0 radical (unpaired) electrons. The second-order valence-corrected chi connectivity index (χ2v) is 6.20. The Balaban J connectivity index is 2.06. The number of halogens is 1. The average Bonchev–Trinajstić information content (AvgIpc) is 2.91. The highest BCUT2D eigenvalue weighted by Crippen LogP contribution is 2.35. The molecule has 0 amide bonds. The third-order valence-corrected chi connectivity index (χ3v) is 4.67. The van der Waals surface area contributed by atoms with Crippen LogP contribution in [0, 0.1) is 5.92 Å². The van der Waals surface area contributed by atoms with E-state index in [1.807, 2.05) is 6.92 Å². The summed E-state index contributed by atoms with van der Waals surface area (Å²) < 4.78 is 6.63. The first-order valence-electron chi connectivity index (χ1n) is 7.34. The van der Waals surface area contributed by atoms with Crippen molar-refractivity contribution in [2.75, 3.05) is 13.7 Å². The molecule has 1 aromatic rings. The van der Waals surface area contributed by atoms with Crippen molar-refractivity contribution in [2.45, 2.75) is 45.1 Å². The van der Waals surface area contributed by atoms with Crippen molar-refractivity contribution in [2.24, 2.45) is 5.92 Å². The van der Waals surface area contributed by atoms with Gasteiger partial charge in [0.25, 0.3) is 0 Å². The van der Waals surface area contributed by atoms with Crippen LogP contribution < -0.4 is 10.1 Å². The summed E-state index contributed by atoms with van der Waals surface area (Å²) in [6.45, 7) is 2.71. The minimum Gasteiger partial charge on any atom is -0.493 e. The van der Waals surface area contributed by atoms with E-state index in [0.29, 0.717) is 12.6 Å². The summed E-state index contributed by atoms with van der Waals surface area (Å²) in [4.78, 5) is 0. The van der Waals surface area contributed by atoms with Crippen LogP contribution in [-0.4, -0.2) is 13.7 Å². The summed E-state index contributed by atoms with van der Waals surface area (Å²) in [5, 5.41) is 3.46. The van der Waals surface area contributed by atoms with Crippen LogP contribution in [0.5, 0.6) is 5.75 Å². The van der Waals surface area contributed by atoms with Gasteiger partial charge in [-0.15, -0.1) is 0 Å². The van der Waals surface area contributed by atoms with Crippen LogP contribution in [0.4, 0.5) is 0 Å². The summed E-state index contributed by atoms with van der Waals surface area (Å²) in [5.74, 6) is 1.82. The molecule has 1 fully saturated rings. The molecule has 1 aliphatic carbocycles. The Morgan fingerprint density at radius 2 is 2.11 bits per heavy atom. The van der Waals surface area contributed by atoms with Crippen LogP contribution in [0.25, 0.3) is 0 Å². The van der Waals surface area contributed by atoms with E-state index in [2.05, 4.69) is 46.5 Å². The van der Waals surface area contributed by atoms with Gasteiger partial charge in [0.2, 0.25) is 0 Å². The Morgan fingerprint density at radius 3 is 2.68 bits per heavy atom. The fraction of sp³-hybridized carbons (Fsp3) is 0.625. The van der Waals surface area contributed by atoms with E-state index in [4.69, 9.17) is 4.74 Å². The highest BCUT2D eigenvalue weighted by atomic mass is 79.9. The molecule has 1 aromatic carbocycles. The third-order valence-electron chi connectivity index (χ3n) is 4.05. The maximum Gasteiger partial charge on any atom is 0.133 e. The van der Waals surface area contributed by atoms with Crippen LogP contribution in [0.1, 0.15) is 50.6 Å². The molecule has 106 valence electrons. The van der Waals surface area contributed by atoms with Gasteiger partial charge in [-0.2, -0.15) is 0 Å². The molecule has 0 aromatic heterocycles. The van der Waals surface area contributed by atoms with Crippen molar-refractivity contribution in [3.8, 4) is 5.75 Å². The van der Waals surface area contributed by atoms with Gasteiger partial charge in [-0.3, -0.25) is 0 Å². The van der Waals surface area contributed by atoms with Gasteiger partial charge in [-0.1, -0.05) is 31.7 Å². The number of rotatable bonds is 6. The lowest BCUT2D eigenvalue weighted by molar-refractivity contribution is 0.337. The van der Waals surface area contributed by atoms with Gasteiger partial charge in [-0.05, 0) is 59.9 Å². The molecule has 0 saturated heterocycles. The standard InChI is InChI=1S/C16H24BrNO/c1-3-19-16-9-8-13(11-14(16)17)15(18-2)10-12-6-4-5-7-12/h8-9,11-12,15,18H,3-7,10H2,1-2H3. The van der Waals surface area contributed by atoms with E-state index in [0.717, 1.165) is 16.1 Å². The number of hydrogen-bond acceptors (Lipinski definition) is 2. The zero-order valence-corrected chi connectivity index (χ0v) is 13.5. The van der Waals surface area contributed by atoms with Gasteiger partial charge >= 0.3 is 0 Å². The van der Waals surface area contributed by atoms with Gasteiger partial charge < -0.3 is 10.1 Å². The number of benzene rings is 1. The molecule has 2 nitrogen and oxygen atoms in total. The molecule has 2 rings (SSSR count). The molecule has 19 heavy (non-hydrogen) atoms. The van der Waals surface area contributed by atoms with E-state index in [-0.39, 0.29) is 0 Å². The molecule has 0 spiro atoms. The van der Waals surface area contributed by atoms with Gasteiger partial charge in [0.1, 0.15) is 5.75 Å². The minimum absolute atomic E-state index is 0.454. The molecule has 1 saturated carbocycles. The maximum absolute atomic E-state index is 5.57. The topological polar surface area (TPSA) is 21.3 Å². The number of ether oxygens (including phenoxy) is 1. The van der Waals surface area contributed by atoms with Gasteiger partial charge in [0, 0.05) is 6.04 Å². The van der Waals surface area contributed by atoms with Crippen LogP contribution in [0.15, 0.2) is 22.7 Å². The van der Waals surface area contributed by atoms with E-state index in [9.17, 15) is 0 Å². The molecule has 1 unspecified atom stereocenters. The summed E-state index contributed by atoms with van der Waals surface area (Å²) in [7, 11) is 2.06. The van der Waals surface area contributed by atoms with Crippen molar-refractivity contribution in [1.29, 1.82) is 0 Å². The molecule has 0 bridgehead atoms. The lowest BCUT2D eigenvalue weighted by Crippen LogP contribution is -2.19. The molecule has 1 aliphatic rings. The Hall–Kier alpha value is -0.540. The quantitative estimate of drug-likeness (QED) is 0.819. The molecule has 1 N–H and O–H groups in total. The van der Waals surface area contributed by atoms with E-state index in [1.165, 1.54) is 37.7 Å². The third kappa shape index (κ3) is 3.96. The maximum atomic E-state index is 5.57. The van der Waals surface area contributed by atoms with Crippen molar-refractivity contribution in [3.05, 3.63) is 28.2 Å². The SMILES string of the molecule is CCOc1ccc(C(CC2CCCC2)NC)cc1Br. The van der Waals surface area contributed by atoms with Crippen molar-refractivity contribution >= 4 is 15.9 Å². The summed E-state index contributed by atoms with van der Waals surface area (Å²) in [6, 6.07) is 6.91. The van der Waals surface area contributed by atoms with E-state index < -0.39 is 0 Å². The minimum atomic E-state index is 0.454. The first kappa shape index (κ1) is 14.9. The zero-order chi connectivity index (χ0) is 13.7. The van der Waals surface area contributed by atoms with Crippen LogP contribution in [0.2, 0.25) is 0 Å². The molecule has 0 heterocycles. The highest BCUT2D eigenvalue weighted by molar-refractivity contribution is 9.10. The Labute approximate surface area is 125 Å². The van der Waals surface area contributed by atoms with Crippen LogP contribution >= 0.6 is 15.9 Å². The smallest absolute Gasteiger partial charge is 0.133 e. The first-order chi connectivity index (χ1) is 9.24. The van der Waals surface area contributed by atoms with Crippen LogP contribution in [-0.2, 0) is 0 Å². The van der Waals surface area contributed by atoms with Crippen LogP contribution in [0.3, 0.4) is 0 Å². The van der Waals surface area contributed by atoms with Gasteiger partial charge in [0.05, 0.1) is 11.1 Å². The second kappa shape index (κ2) is 7.30. The fourth-order valence-corrected chi connectivity index (χ4v) is 3.52. The molecule has 3 heteroatoms. The first-order valence-corrected chi connectivity index (χ1v) is 8.13. The van der Waals surface area contributed by atoms with E-state index in [1.54, 1.807) is 0 Å². The molecular formula is C16H24BrNO. The summed E-state index contributed by atoms with van der Waals surface area (Å²) >= 11 is 3.61. The Kier molecular flexibility index (Phi) is 5.71. The molecule has 1 atom stereocenters. The Bertz CT molecular complexity index is 402. The normalized spacial score (nSPS) is 17.6. The fourth-order valence-electron chi connectivity index (χ4n) is 3.01. The molecular weight excluding hydrogens is 302 g/mol. The van der Waals surface area contributed by atoms with Gasteiger partial charge in [0.15, 0.2) is 0 Å². The number of nitrogens with one attached hydrogen (secondary N) is 1. The second-order valence-electron chi connectivity index (χ2n) is 5.35. The van der Waals surface area contributed by atoms with Crippen molar-refractivity contribution in [1.82, 2.24) is 5.32 Å². The lowest BCUT2D eigenvalue weighted by atomic mass is 9.93. The zero-order valence-electron chi connectivity index (χ0n) is 11.9. The number of hydrogen-bond donors (Lipinski definition) is 1. The predicted octanol–water partition coefficient (Wildman–Crippen LogP) is 4.69. The van der Waals surface area contributed by atoms with E-state index >= 15 is 0 Å². The largest absolute Gasteiger partial charge is 0.493 e. The highest BCUT2D eigenvalue weighted by Gasteiger charge is 2.20. The van der Waals surface area contributed by atoms with Gasteiger partial charge in [-0.25, -0.2) is 0 Å². The molecule has 0 aliphatic heterocycles. The summed E-state index contributed by atoms with van der Waals surface area (Å²) in [5.41, 5.74) is 1.35. The monoisotopic (exact) mass is 325 g/mol. The van der Waals surface area contributed by atoms with Crippen molar-refractivity contribution in [3.63, 3.8) is 0 Å². The Morgan fingerprint density at radius 1 is 1.37 bits per heavy atom. The van der Waals surface area contributed by atoms with Crippen molar-refractivity contribution < 1.29 is 4.74 Å². The predicted molar refractivity (Wildman–Crippen MR) is 83.7 cm³/mol. The lowest BCUT2D eigenvalue weighted by Gasteiger charge is -2.21. The average molecular weight is 326 g/mol. The summed E-state index contributed by atoms with van der Waals surface area (Å²) in [6.07, 6.45) is 6.87.